The molecule has 0 heterocycles. The number of hydrogen-bond donors (Lipinski definition) is 0. The van der Waals surface area contributed by atoms with Gasteiger partial charge >= 0.3 is 6.09 Å². The molecule has 0 N–H and O–H groups in total. The number of ether oxygens (including phenoxy) is 1. The largest absolute Gasteiger partial charge is 0.457 e. The number of rotatable bonds is 2. The number of hydrogen-bond acceptors (Lipinski definition) is 2. The number of carbonyl (C=O) groups is 1. The van der Waals surface area contributed by atoms with E-state index in [0.29, 0.717) is 0 Å². The van der Waals surface area contributed by atoms with Crippen LogP contribution in [0.2, 0.25) is 0 Å². The molecule has 0 spiro atoms. The van der Waals surface area contributed by atoms with Gasteiger partial charge < -0.3 is 4.74 Å². The lowest BCUT2D eigenvalue weighted by Gasteiger charge is -1.91. The molecule has 0 bridgehead atoms. The Morgan fingerprint density at radius 1 is 1.90 bits per heavy atom. The van der Waals surface area contributed by atoms with Crippen molar-refractivity contribution in [2.75, 3.05) is 6.61 Å². The molecule has 0 aromatic carbocycles. The van der Waals surface area contributed by atoms with Crippen molar-refractivity contribution >= 4 is 28.7 Å². The minimum Gasteiger partial charge on any atom is -0.457 e. The van der Waals surface area contributed by atoms with Gasteiger partial charge in [-0.05, 0) is 15.7 Å². The van der Waals surface area contributed by atoms with Gasteiger partial charge in [0.1, 0.15) is 6.61 Å². The van der Waals surface area contributed by atoms with Crippen molar-refractivity contribution in [1.82, 2.24) is 0 Å². The third kappa shape index (κ3) is 5.39. The van der Waals surface area contributed by atoms with Gasteiger partial charge in [0.25, 0.3) is 0 Å². The molecule has 0 aliphatic heterocycles. The third-order valence-electron chi connectivity index (χ3n) is 0.518. The Kier molecular flexibility index (Phi) is 5.89. The maximum absolute atomic E-state index is 10.2. The first-order valence-electron chi connectivity index (χ1n) is 2.28. The third-order valence-corrected chi connectivity index (χ3v) is 1.03. The topological polar surface area (TPSA) is 75.1 Å². The fourth-order valence-electron chi connectivity index (χ4n) is 0.221. The zero-order valence-electron chi connectivity index (χ0n) is 4.90. The number of carbonyl (C=O) groups excluding carboxylic acids is 1. The van der Waals surface area contributed by atoms with Crippen LogP contribution >= 0.6 is 22.6 Å². The van der Waals surface area contributed by atoms with Crippen molar-refractivity contribution < 1.29 is 9.53 Å². The summed E-state index contributed by atoms with van der Waals surface area (Å²) in [5, 5.41) is 2.68. The summed E-state index contributed by atoms with van der Waals surface area (Å²) in [6.45, 7) is 0.140. The first-order valence-corrected chi connectivity index (χ1v) is 3.53. The molecule has 10 heavy (non-hydrogen) atoms. The SMILES string of the molecule is [N-]=[N+]=NC(=O)OC/C=C\I. The van der Waals surface area contributed by atoms with E-state index in [0.717, 1.165) is 0 Å². The van der Waals surface area contributed by atoms with Crippen LogP contribution in [0.25, 0.3) is 10.4 Å². The van der Waals surface area contributed by atoms with Crippen LogP contribution in [0.15, 0.2) is 15.3 Å². The molecule has 1 amide bonds. The van der Waals surface area contributed by atoms with Crippen LogP contribution in [-0.4, -0.2) is 12.7 Å². The normalized spacial score (nSPS) is 8.90. The fourth-order valence-corrected chi connectivity index (χ4v) is 0.429. The summed E-state index contributed by atoms with van der Waals surface area (Å²) < 4.78 is 6.07. The monoisotopic (exact) mass is 253 g/mol. The molecule has 0 radical (unpaired) electrons. The molecule has 0 aliphatic carbocycles. The molecule has 0 fully saturated rings. The molecule has 54 valence electrons. The highest BCUT2D eigenvalue weighted by atomic mass is 127. The molecule has 0 atom stereocenters. The second-order valence-electron chi connectivity index (χ2n) is 1.13. The predicted molar refractivity (Wildman–Crippen MR) is 43.7 cm³/mol. The molecule has 0 saturated heterocycles. The number of halogens is 1. The average Bonchev–Trinajstić information content (AvgIpc) is 1.89. The molecule has 0 aliphatic rings. The van der Waals surface area contributed by atoms with Gasteiger partial charge in [0.05, 0.1) is 0 Å². The van der Waals surface area contributed by atoms with Gasteiger partial charge in [0, 0.05) is 10.0 Å². The van der Waals surface area contributed by atoms with Crippen molar-refractivity contribution in [3.8, 4) is 0 Å². The van der Waals surface area contributed by atoms with Crippen LogP contribution < -0.4 is 0 Å². The van der Waals surface area contributed by atoms with Gasteiger partial charge in [0.2, 0.25) is 0 Å². The van der Waals surface area contributed by atoms with Crippen LogP contribution in [0.4, 0.5) is 4.79 Å². The molecule has 0 unspecified atom stereocenters. The Morgan fingerprint density at radius 3 is 3.10 bits per heavy atom. The van der Waals surface area contributed by atoms with Gasteiger partial charge in [-0.3, -0.25) is 0 Å². The molecule has 6 heteroatoms. The zero-order valence-corrected chi connectivity index (χ0v) is 7.06. The van der Waals surface area contributed by atoms with E-state index >= 15 is 0 Å². The van der Waals surface area contributed by atoms with Crippen molar-refractivity contribution in [2.45, 2.75) is 0 Å². The summed E-state index contributed by atoms with van der Waals surface area (Å²) in [7, 11) is 0. The Labute approximate surface area is 70.8 Å². The maximum atomic E-state index is 10.2. The van der Waals surface area contributed by atoms with E-state index in [4.69, 9.17) is 5.53 Å². The van der Waals surface area contributed by atoms with Crippen LogP contribution in [0.1, 0.15) is 0 Å². The molecule has 0 aromatic rings. The average molecular weight is 253 g/mol. The molecular weight excluding hydrogens is 249 g/mol. The van der Waals surface area contributed by atoms with Gasteiger partial charge in [0.15, 0.2) is 0 Å². The second kappa shape index (κ2) is 6.37. The van der Waals surface area contributed by atoms with Crippen LogP contribution in [0.5, 0.6) is 0 Å². The highest BCUT2D eigenvalue weighted by molar-refractivity contribution is 14.1. The summed E-state index contributed by atoms with van der Waals surface area (Å²) in [4.78, 5) is 12.5. The lowest BCUT2D eigenvalue weighted by molar-refractivity contribution is 0.169. The van der Waals surface area contributed by atoms with Gasteiger partial charge in [-0.1, -0.05) is 22.6 Å². The van der Waals surface area contributed by atoms with E-state index in [9.17, 15) is 4.79 Å². The minimum absolute atomic E-state index is 0.140. The van der Waals surface area contributed by atoms with E-state index in [1.807, 2.05) is 22.6 Å². The van der Waals surface area contributed by atoms with Crippen molar-refractivity contribution in [3.63, 3.8) is 0 Å². The van der Waals surface area contributed by atoms with Crippen molar-refractivity contribution in [2.24, 2.45) is 5.11 Å². The molecule has 0 aromatic heterocycles. The van der Waals surface area contributed by atoms with Crippen LogP contribution in [0, 0.1) is 0 Å². The summed E-state index contributed by atoms with van der Waals surface area (Å²) >= 11 is 1.98. The summed E-state index contributed by atoms with van der Waals surface area (Å²) in [6.07, 6.45) is 0.711. The summed E-state index contributed by atoms with van der Waals surface area (Å²) in [5.74, 6) is 0. The standard InChI is InChI=1S/C4H4IN3O2/c5-2-1-3-10-4(9)7-8-6/h1-2H,3H2/b2-1-. The zero-order chi connectivity index (χ0) is 7.82. The highest BCUT2D eigenvalue weighted by Gasteiger charge is 1.92. The smallest absolute Gasteiger partial charge is 0.397 e. The Hall–Kier alpha value is -0.750. The fraction of sp³-hybridized carbons (Fsp3) is 0.250. The number of nitrogens with zero attached hydrogens (tertiary/aromatic N) is 3. The molecular formula is C4H4IN3O2. The predicted octanol–water partition coefficient (Wildman–Crippen LogP) is 2.38. The van der Waals surface area contributed by atoms with Crippen molar-refractivity contribution in [1.29, 1.82) is 0 Å². The van der Waals surface area contributed by atoms with E-state index in [1.165, 1.54) is 0 Å². The number of amides is 1. The molecule has 5 nitrogen and oxygen atoms in total. The lowest BCUT2D eigenvalue weighted by atomic mass is 10.7. The first-order chi connectivity index (χ1) is 4.81. The minimum atomic E-state index is -0.906. The van der Waals surface area contributed by atoms with Gasteiger partial charge in [-0.2, -0.15) is 0 Å². The molecule has 0 rings (SSSR count). The summed E-state index contributed by atoms with van der Waals surface area (Å²) in [5.41, 5.74) is 7.73. The second-order valence-corrected chi connectivity index (χ2v) is 1.85. The van der Waals surface area contributed by atoms with Crippen molar-refractivity contribution in [3.05, 3.63) is 20.6 Å². The van der Waals surface area contributed by atoms with E-state index < -0.39 is 6.09 Å². The van der Waals surface area contributed by atoms with E-state index in [2.05, 4.69) is 14.8 Å². The lowest BCUT2D eigenvalue weighted by Crippen LogP contribution is -1.96. The first kappa shape index (κ1) is 9.25. The maximum Gasteiger partial charge on any atom is 0.397 e. The highest BCUT2D eigenvalue weighted by Crippen LogP contribution is 1.87. The van der Waals surface area contributed by atoms with Gasteiger partial charge in [-0.15, -0.1) is 0 Å². The Bertz CT molecular complexity index is 185. The summed E-state index contributed by atoms with van der Waals surface area (Å²) in [6, 6.07) is 0. The van der Waals surface area contributed by atoms with E-state index in [-0.39, 0.29) is 6.61 Å². The number of azide groups is 1. The Balaban J connectivity index is 3.49. The Morgan fingerprint density at radius 2 is 2.60 bits per heavy atom. The van der Waals surface area contributed by atoms with Gasteiger partial charge in [-0.25, -0.2) is 4.79 Å². The quantitative estimate of drug-likeness (QED) is 0.328. The van der Waals surface area contributed by atoms with Crippen LogP contribution in [0.3, 0.4) is 0 Å². The van der Waals surface area contributed by atoms with Crippen LogP contribution in [-0.2, 0) is 4.74 Å². The van der Waals surface area contributed by atoms with E-state index in [1.54, 1.807) is 10.2 Å². The molecule has 0 saturated carbocycles.